The van der Waals surface area contributed by atoms with Gasteiger partial charge in [0.25, 0.3) is 0 Å². The zero-order chi connectivity index (χ0) is 20.5. The molecule has 1 N–H and O–H groups in total. The minimum atomic E-state index is -4.73. The van der Waals surface area contributed by atoms with Gasteiger partial charge >= 0.3 is 29.6 Å². The number of aliphatic hydroxyl groups is 1. The van der Waals surface area contributed by atoms with Gasteiger partial charge in [-0.25, -0.2) is 8.42 Å². The molecular formula is C21H31NaO6S. The van der Waals surface area contributed by atoms with E-state index in [4.69, 9.17) is 4.18 Å². The van der Waals surface area contributed by atoms with Gasteiger partial charge in [-0.3, -0.25) is 8.98 Å². The number of Topliss-reactive ketones (excluding diaryl/α,β-unsaturated/α-hetero) is 1. The van der Waals surface area contributed by atoms with E-state index in [1.807, 2.05) is 0 Å². The van der Waals surface area contributed by atoms with Crippen molar-refractivity contribution in [2.45, 2.75) is 77.9 Å². The molecule has 29 heavy (non-hydrogen) atoms. The second kappa shape index (κ2) is 7.98. The van der Waals surface area contributed by atoms with Gasteiger partial charge in [-0.2, -0.15) is 0 Å². The summed E-state index contributed by atoms with van der Waals surface area (Å²) in [6.07, 6.45) is 6.22. The normalized spacial score (nSPS) is 46.6. The van der Waals surface area contributed by atoms with Crippen LogP contribution in [0.4, 0.5) is 0 Å². The fourth-order valence-corrected chi connectivity index (χ4v) is 7.97. The van der Waals surface area contributed by atoms with E-state index in [-0.39, 0.29) is 63.9 Å². The molecule has 6 nitrogen and oxygen atoms in total. The quantitative estimate of drug-likeness (QED) is 0.290. The summed E-state index contributed by atoms with van der Waals surface area (Å²) in [5, 5.41) is 11.0. The zero-order valence-corrected chi connectivity index (χ0v) is 20.7. The number of ketones is 1. The monoisotopic (exact) mass is 434 g/mol. The van der Waals surface area contributed by atoms with Crippen LogP contribution in [0.25, 0.3) is 0 Å². The maximum Gasteiger partial charge on any atom is 1.00 e. The molecule has 4 aliphatic carbocycles. The van der Waals surface area contributed by atoms with Gasteiger partial charge in [-0.05, 0) is 80.5 Å². The molecule has 0 radical (unpaired) electrons. The van der Waals surface area contributed by atoms with Crippen molar-refractivity contribution in [2.75, 3.05) is 0 Å². The van der Waals surface area contributed by atoms with Crippen molar-refractivity contribution in [1.82, 2.24) is 0 Å². The van der Waals surface area contributed by atoms with Crippen LogP contribution in [0.3, 0.4) is 0 Å². The van der Waals surface area contributed by atoms with E-state index in [0.29, 0.717) is 31.6 Å². The first kappa shape index (κ1) is 23.9. The van der Waals surface area contributed by atoms with Gasteiger partial charge in [-0.1, -0.05) is 25.5 Å². The molecule has 3 fully saturated rings. The smallest absolute Gasteiger partial charge is 0.726 e. The summed E-state index contributed by atoms with van der Waals surface area (Å²) in [6, 6.07) is 0. The molecular weight excluding hydrogens is 403 g/mol. The maximum absolute atomic E-state index is 12.2. The number of allylic oxidation sites excluding steroid dienone is 2. The third-order valence-electron chi connectivity index (χ3n) is 8.74. The first-order chi connectivity index (χ1) is 13.0. The van der Waals surface area contributed by atoms with Crippen LogP contribution < -0.4 is 29.6 Å². The van der Waals surface area contributed by atoms with Crippen molar-refractivity contribution in [3.63, 3.8) is 0 Å². The Labute approximate surface area is 196 Å². The van der Waals surface area contributed by atoms with Crippen LogP contribution in [-0.4, -0.2) is 36.1 Å². The van der Waals surface area contributed by atoms with Crippen LogP contribution in [0.2, 0.25) is 0 Å². The van der Waals surface area contributed by atoms with Crippen LogP contribution >= 0.6 is 0 Å². The van der Waals surface area contributed by atoms with Crippen LogP contribution in [0.1, 0.15) is 65.7 Å². The van der Waals surface area contributed by atoms with Crippen LogP contribution in [0, 0.1) is 34.5 Å². The Morgan fingerprint density at radius 1 is 1.21 bits per heavy atom. The van der Waals surface area contributed by atoms with Crippen molar-refractivity contribution in [3.05, 3.63) is 11.6 Å². The summed E-state index contributed by atoms with van der Waals surface area (Å²) in [5.74, 6) is 0.956. The number of carbonyl (C=O) groups excluding carboxylic acids is 1. The second-order valence-electron chi connectivity index (χ2n) is 10.1. The molecule has 6 unspecified atom stereocenters. The van der Waals surface area contributed by atoms with Gasteiger partial charge in [0, 0.05) is 5.92 Å². The van der Waals surface area contributed by atoms with Crippen molar-refractivity contribution in [3.8, 4) is 0 Å². The number of carbonyl (C=O) groups is 1. The van der Waals surface area contributed by atoms with Crippen molar-refractivity contribution >= 4 is 16.2 Å². The Morgan fingerprint density at radius 3 is 2.52 bits per heavy atom. The molecule has 0 saturated heterocycles. The molecule has 8 heteroatoms. The van der Waals surface area contributed by atoms with E-state index >= 15 is 0 Å². The fraction of sp³-hybridized carbons (Fsp3) is 0.857. The third-order valence-corrected chi connectivity index (χ3v) is 9.25. The van der Waals surface area contributed by atoms with Crippen molar-refractivity contribution in [2.24, 2.45) is 34.5 Å². The topological polar surface area (TPSA) is 104 Å². The van der Waals surface area contributed by atoms with Crippen LogP contribution in [0.5, 0.6) is 0 Å². The van der Waals surface area contributed by atoms with Gasteiger partial charge in [0.2, 0.25) is 10.4 Å². The number of rotatable bonds is 3. The van der Waals surface area contributed by atoms with Crippen LogP contribution in [-0.2, 0) is 19.4 Å². The molecule has 0 aromatic rings. The Hall–Kier alpha value is 0.240. The minimum Gasteiger partial charge on any atom is -0.726 e. The molecule has 0 aliphatic heterocycles. The molecule has 0 aromatic heterocycles. The molecule has 0 aromatic carbocycles. The van der Waals surface area contributed by atoms with Crippen LogP contribution in [0.15, 0.2) is 11.6 Å². The summed E-state index contributed by atoms with van der Waals surface area (Å²) >= 11 is 0. The average molecular weight is 435 g/mol. The second-order valence-corrected chi connectivity index (χ2v) is 11.1. The van der Waals surface area contributed by atoms with Gasteiger partial charge in [-0.15, -0.1) is 0 Å². The Morgan fingerprint density at radius 2 is 1.90 bits per heavy atom. The summed E-state index contributed by atoms with van der Waals surface area (Å²) in [6.45, 7) is 6.13. The summed E-state index contributed by atoms with van der Waals surface area (Å²) in [4.78, 5) is 12.2. The van der Waals surface area contributed by atoms with Crippen molar-refractivity contribution in [1.29, 1.82) is 0 Å². The van der Waals surface area contributed by atoms with E-state index in [9.17, 15) is 22.9 Å². The standard InChI is InChI=1S/C21H32O6S.Na/c1-12(22)15-4-5-16-14-11-19(23)18-10-13(27-28(24,25)26)6-8-21(18,3)17(14)7-9-20(15,16)2;/h7,13-16,18-19,23H,4-6,8-11H2,1-3H3,(H,24,25,26);/q;+1/p-1/t13?,14?,15?,16?,18?,19?,20-,21-;/m1./s1. The average Bonchev–Trinajstić information content (AvgIpc) is 2.92. The molecule has 0 spiro atoms. The summed E-state index contributed by atoms with van der Waals surface area (Å²) in [7, 11) is -4.73. The predicted molar refractivity (Wildman–Crippen MR) is 102 cm³/mol. The zero-order valence-electron chi connectivity index (χ0n) is 17.9. The Balaban J connectivity index is 0.00000240. The molecule has 4 rings (SSSR count). The third kappa shape index (κ3) is 3.94. The SMILES string of the molecule is CC(=O)C1CCC2C3CC(O)C4CC(OS(=O)(=O)[O-])CC[C@]4(C)C3=CC[C@]12C.[Na+]. The van der Waals surface area contributed by atoms with E-state index in [1.54, 1.807) is 6.92 Å². The molecule has 4 aliphatic rings. The molecule has 158 valence electrons. The molecule has 8 atom stereocenters. The molecule has 0 heterocycles. The van der Waals surface area contributed by atoms with Gasteiger partial charge in [0.15, 0.2) is 0 Å². The van der Waals surface area contributed by atoms with E-state index in [2.05, 4.69) is 19.9 Å². The predicted octanol–water partition coefficient (Wildman–Crippen LogP) is -0.0254. The van der Waals surface area contributed by atoms with E-state index in [1.165, 1.54) is 5.57 Å². The first-order valence-corrected chi connectivity index (χ1v) is 11.8. The van der Waals surface area contributed by atoms with Crippen molar-refractivity contribution < 1.29 is 56.6 Å². The molecule has 3 saturated carbocycles. The number of fused-ring (bicyclic) bond motifs is 5. The van der Waals surface area contributed by atoms with Gasteiger partial charge < -0.3 is 9.66 Å². The van der Waals surface area contributed by atoms with Gasteiger partial charge in [0.1, 0.15) is 5.78 Å². The van der Waals surface area contributed by atoms with E-state index in [0.717, 1.165) is 19.3 Å². The molecule has 0 bridgehead atoms. The maximum atomic E-state index is 12.2. The Bertz CT molecular complexity index is 810. The number of hydrogen-bond donors (Lipinski definition) is 1. The number of hydrogen-bond acceptors (Lipinski definition) is 6. The largest absolute Gasteiger partial charge is 1.00 e. The summed E-state index contributed by atoms with van der Waals surface area (Å²) < 4.78 is 37.8. The van der Waals surface area contributed by atoms with E-state index < -0.39 is 22.6 Å². The molecule has 0 amide bonds. The number of aliphatic hydroxyl groups excluding tert-OH is 1. The van der Waals surface area contributed by atoms with Gasteiger partial charge in [0.05, 0.1) is 12.2 Å². The minimum absolute atomic E-state index is 0. The fourth-order valence-electron chi connectivity index (χ4n) is 7.46. The summed E-state index contributed by atoms with van der Waals surface area (Å²) in [5.41, 5.74) is 1.16. The first-order valence-electron chi connectivity index (χ1n) is 10.5. The Kier molecular flexibility index (Phi) is 6.58.